The van der Waals surface area contributed by atoms with Crippen molar-refractivity contribution < 1.29 is 4.79 Å². The number of rotatable bonds is 3. The fourth-order valence-corrected chi connectivity index (χ4v) is 3.56. The van der Waals surface area contributed by atoms with E-state index >= 15 is 0 Å². The van der Waals surface area contributed by atoms with Crippen LogP contribution in [0.25, 0.3) is 0 Å². The van der Waals surface area contributed by atoms with E-state index in [4.69, 9.17) is 0 Å². The predicted molar refractivity (Wildman–Crippen MR) is 79.0 cm³/mol. The topological polar surface area (TPSA) is 23.6 Å². The lowest BCUT2D eigenvalue weighted by molar-refractivity contribution is -0.139. The van der Waals surface area contributed by atoms with Crippen molar-refractivity contribution in [3.63, 3.8) is 0 Å². The van der Waals surface area contributed by atoms with Crippen LogP contribution in [0.4, 0.5) is 0 Å². The number of carbonyl (C=O) groups excluding carboxylic acids is 1. The van der Waals surface area contributed by atoms with Crippen LogP contribution in [0.1, 0.15) is 46.5 Å². The van der Waals surface area contributed by atoms with Crippen LogP contribution in [0.15, 0.2) is 0 Å². The molecule has 2 heterocycles. The third-order valence-electron chi connectivity index (χ3n) is 5.01. The highest BCUT2D eigenvalue weighted by Crippen LogP contribution is 2.26. The van der Waals surface area contributed by atoms with E-state index in [1.54, 1.807) is 0 Å². The molecule has 0 spiro atoms. The molecule has 3 heteroatoms. The third-order valence-corrected chi connectivity index (χ3v) is 5.01. The summed E-state index contributed by atoms with van der Waals surface area (Å²) in [4.78, 5) is 17.3. The summed E-state index contributed by atoms with van der Waals surface area (Å²) in [6, 6.07) is 0. The van der Waals surface area contributed by atoms with Gasteiger partial charge in [-0.2, -0.15) is 0 Å². The highest BCUT2D eigenvalue weighted by Gasteiger charge is 2.32. The molecule has 2 aliphatic heterocycles. The molecule has 0 unspecified atom stereocenters. The van der Waals surface area contributed by atoms with Crippen molar-refractivity contribution in [3.05, 3.63) is 0 Å². The van der Waals surface area contributed by atoms with Crippen molar-refractivity contribution in [2.45, 2.75) is 46.5 Å². The maximum atomic E-state index is 12.7. The first-order chi connectivity index (χ1) is 9.11. The Balaban J connectivity index is 1.91. The minimum Gasteiger partial charge on any atom is -0.342 e. The first kappa shape index (κ1) is 14.8. The van der Waals surface area contributed by atoms with Crippen LogP contribution >= 0.6 is 0 Å². The maximum Gasteiger partial charge on any atom is 0.226 e. The molecular weight excluding hydrogens is 236 g/mol. The summed E-state index contributed by atoms with van der Waals surface area (Å²) in [6.07, 6.45) is 4.77. The average Bonchev–Trinajstić information content (AvgIpc) is 2.46. The molecule has 2 saturated heterocycles. The van der Waals surface area contributed by atoms with Gasteiger partial charge in [0.1, 0.15) is 0 Å². The molecule has 0 bridgehead atoms. The molecule has 19 heavy (non-hydrogen) atoms. The van der Waals surface area contributed by atoms with Crippen LogP contribution in [0.2, 0.25) is 0 Å². The van der Waals surface area contributed by atoms with E-state index in [0.717, 1.165) is 32.6 Å². The van der Waals surface area contributed by atoms with E-state index < -0.39 is 0 Å². The SMILES string of the molecule is CCN1CCC[C@@H](C(=O)N2CCC[C@H](C(C)C)C2)C1. The fraction of sp³-hybridized carbons (Fsp3) is 0.938. The second-order valence-electron chi connectivity index (χ2n) is 6.66. The van der Waals surface area contributed by atoms with Crippen LogP contribution in [-0.2, 0) is 4.79 Å². The Kier molecular flexibility index (Phi) is 5.26. The lowest BCUT2D eigenvalue weighted by Crippen LogP contribution is -2.48. The van der Waals surface area contributed by atoms with E-state index in [1.165, 1.54) is 25.8 Å². The van der Waals surface area contributed by atoms with Crippen LogP contribution in [0.5, 0.6) is 0 Å². The molecule has 2 atom stereocenters. The smallest absolute Gasteiger partial charge is 0.226 e. The molecule has 2 rings (SSSR count). The van der Waals surface area contributed by atoms with Crippen molar-refractivity contribution >= 4 is 5.91 Å². The van der Waals surface area contributed by atoms with Crippen molar-refractivity contribution in [3.8, 4) is 0 Å². The first-order valence-corrected chi connectivity index (χ1v) is 8.13. The lowest BCUT2D eigenvalue weighted by atomic mass is 9.87. The monoisotopic (exact) mass is 266 g/mol. The number of nitrogens with zero attached hydrogens (tertiary/aromatic N) is 2. The van der Waals surface area contributed by atoms with Gasteiger partial charge in [-0.25, -0.2) is 0 Å². The fourth-order valence-electron chi connectivity index (χ4n) is 3.56. The van der Waals surface area contributed by atoms with Gasteiger partial charge < -0.3 is 9.80 Å². The number of carbonyl (C=O) groups is 1. The molecule has 2 fully saturated rings. The van der Waals surface area contributed by atoms with Gasteiger partial charge in [-0.1, -0.05) is 20.8 Å². The Morgan fingerprint density at radius 2 is 1.89 bits per heavy atom. The molecule has 0 N–H and O–H groups in total. The highest BCUT2D eigenvalue weighted by molar-refractivity contribution is 5.79. The van der Waals surface area contributed by atoms with Crippen LogP contribution in [0.3, 0.4) is 0 Å². The molecule has 0 aliphatic carbocycles. The van der Waals surface area contributed by atoms with E-state index in [9.17, 15) is 4.79 Å². The average molecular weight is 266 g/mol. The molecule has 0 aromatic heterocycles. The standard InChI is InChI=1S/C16H30N2O/c1-4-17-9-5-8-15(11-17)16(19)18-10-6-7-14(12-18)13(2)3/h13-15H,4-12H2,1-3H3/t14-,15+/m0/s1. The van der Waals surface area contributed by atoms with E-state index in [2.05, 4.69) is 30.6 Å². The molecule has 0 saturated carbocycles. The van der Waals surface area contributed by atoms with Crippen LogP contribution in [-0.4, -0.2) is 48.4 Å². The summed E-state index contributed by atoms with van der Waals surface area (Å²) in [5.74, 6) is 2.11. The molecular formula is C16H30N2O. The summed E-state index contributed by atoms with van der Waals surface area (Å²) in [5, 5.41) is 0. The van der Waals surface area contributed by atoms with Crippen molar-refractivity contribution in [1.29, 1.82) is 0 Å². The zero-order valence-corrected chi connectivity index (χ0v) is 12.9. The van der Waals surface area contributed by atoms with Gasteiger partial charge in [-0.05, 0) is 50.6 Å². The van der Waals surface area contributed by atoms with Gasteiger partial charge in [-0.3, -0.25) is 4.79 Å². The summed E-state index contributed by atoms with van der Waals surface area (Å²) in [6.45, 7) is 12.0. The number of hydrogen-bond donors (Lipinski definition) is 0. The minimum atomic E-state index is 0.264. The molecule has 2 aliphatic rings. The van der Waals surface area contributed by atoms with E-state index in [0.29, 0.717) is 17.7 Å². The predicted octanol–water partition coefficient (Wildman–Crippen LogP) is 2.61. The Hall–Kier alpha value is -0.570. The highest BCUT2D eigenvalue weighted by atomic mass is 16.2. The molecule has 0 radical (unpaired) electrons. The molecule has 0 aromatic carbocycles. The van der Waals surface area contributed by atoms with Crippen molar-refractivity contribution in [1.82, 2.24) is 9.80 Å². The van der Waals surface area contributed by atoms with Gasteiger partial charge in [0, 0.05) is 19.6 Å². The van der Waals surface area contributed by atoms with E-state index in [-0.39, 0.29) is 5.92 Å². The van der Waals surface area contributed by atoms with Gasteiger partial charge in [0.25, 0.3) is 0 Å². The van der Waals surface area contributed by atoms with Crippen LogP contribution in [0, 0.1) is 17.8 Å². The zero-order chi connectivity index (χ0) is 13.8. The molecule has 0 aromatic rings. The first-order valence-electron chi connectivity index (χ1n) is 8.13. The molecule has 3 nitrogen and oxygen atoms in total. The Bertz CT molecular complexity index is 303. The second kappa shape index (κ2) is 6.74. The third kappa shape index (κ3) is 3.71. The largest absolute Gasteiger partial charge is 0.342 e. The summed E-state index contributed by atoms with van der Waals surface area (Å²) in [7, 11) is 0. The van der Waals surface area contributed by atoms with Gasteiger partial charge in [0.2, 0.25) is 5.91 Å². The lowest BCUT2D eigenvalue weighted by Gasteiger charge is -2.39. The number of amides is 1. The number of piperidine rings is 2. The van der Waals surface area contributed by atoms with Crippen LogP contribution < -0.4 is 0 Å². The zero-order valence-electron chi connectivity index (χ0n) is 12.9. The van der Waals surface area contributed by atoms with Gasteiger partial charge in [0.15, 0.2) is 0 Å². The van der Waals surface area contributed by atoms with Gasteiger partial charge in [-0.15, -0.1) is 0 Å². The Morgan fingerprint density at radius 3 is 2.58 bits per heavy atom. The summed E-state index contributed by atoms with van der Waals surface area (Å²) >= 11 is 0. The summed E-state index contributed by atoms with van der Waals surface area (Å²) < 4.78 is 0. The maximum absolute atomic E-state index is 12.7. The van der Waals surface area contributed by atoms with Crippen molar-refractivity contribution in [2.75, 3.05) is 32.7 Å². The minimum absolute atomic E-state index is 0.264. The second-order valence-corrected chi connectivity index (χ2v) is 6.66. The molecule has 1 amide bonds. The Labute approximate surface area is 118 Å². The quantitative estimate of drug-likeness (QED) is 0.784. The summed E-state index contributed by atoms with van der Waals surface area (Å²) in [5.41, 5.74) is 0. The Morgan fingerprint density at radius 1 is 1.16 bits per heavy atom. The van der Waals surface area contributed by atoms with E-state index in [1.807, 2.05) is 0 Å². The van der Waals surface area contributed by atoms with Gasteiger partial charge >= 0.3 is 0 Å². The molecule has 110 valence electrons. The normalized spacial score (nSPS) is 29.8. The number of hydrogen-bond acceptors (Lipinski definition) is 2. The van der Waals surface area contributed by atoms with Crippen molar-refractivity contribution in [2.24, 2.45) is 17.8 Å². The number of likely N-dealkylation sites (tertiary alicyclic amines) is 2. The van der Waals surface area contributed by atoms with Gasteiger partial charge in [0.05, 0.1) is 5.92 Å².